The second-order valence-electron chi connectivity index (χ2n) is 3.28. The minimum atomic E-state index is 0.144. The van der Waals surface area contributed by atoms with Crippen LogP contribution in [0.1, 0.15) is 19.8 Å². The maximum atomic E-state index is 11.1. The van der Waals surface area contributed by atoms with Gasteiger partial charge in [0.1, 0.15) is 5.78 Å². The third-order valence-electron chi connectivity index (χ3n) is 2.21. The summed E-state index contributed by atoms with van der Waals surface area (Å²) >= 11 is 0. The average molecular weight is 156 g/mol. The van der Waals surface area contributed by atoms with Gasteiger partial charge in [-0.2, -0.15) is 0 Å². The van der Waals surface area contributed by atoms with Crippen molar-refractivity contribution in [2.45, 2.75) is 25.8 Å². The van der Waals surface area contributed by atoms with Gasteiger partial charge in [-0.05, 0) is 19.8 Å². The number of hydrogen-bond donors (Lipinski definition) is 0. The van der Waals surface area contributed by atoms with Gasteiger partial charge in [-0.15, -0.1) is 0 Å². The van der Waals surface area contributed by atoms with Crippen LogP contribution in [0.2, 0.25) is 0 Å². The van der Waals surface area contributed by atoms with Crippen molar-refractivity contribution in [1.82, 2.24) is 10.0 Å². The maximum Gasteiger partial charge on any atom is 0.148 e. The number of hydrazine groups is 1. The van der Waals surface area contributed by atoms with Crippen LogP contribution in [-0.2, 0) is 4.79 Å². The Labute approximate surface area is 67.9 Å². The molecule has 1 saturated heterocycles. The topological polar surface area (TPSA) is 23.6 Å². The van der Waals surface area contributed by atoms with Crippen molar-refractivity contribution in [1.29, 1.82) is 0 Å². The fourth-order valence-electron chi connectivity index (χ4n) is 1.64. The van der Waals surface area contributed by atoms with E-state index in [1.807, 2.05) is 19.1 Å². The fourth-order valence-corrected chi connectivity index (χ4v) is 1.64. The van der Waals surface area contributed by atoms with Crippen molar-refractivity contribution in [2.24, 2.45) is 0 Å². The lowest BCUT2D eigenvalue weighted by atomic mass is 10.1. The number of carbonyl (C=O) groups is 1. The van der Waals surface area contributed by atoms with E-state index in [-0.39, 0.29) is 11.8 Å². The zero-order valence-electron chi connectivity index (χ0n) is 7.50. The molecule has 11 heavy (non-hydrogen) atoms. The smallest absolute Gasteiger partial charge is 0.148 e. The molecule has 1 aliphatic heterocycles. The highest BCUT2D eigenvalue weighted by Crippen LogP contribution is 2.17. The highest BCUT2D eigenvalue weighted by molar-refractivity contribution is 5.81. The summed E-state index contributed by atoms with van der Waals surface area (Å²) in [7, 11) is 3.97. The summed E-state index contributed by atoms with van der Waals surface area (Å²) < 4.78 is 0. The summed E-state index contributed by atoms with van der Waals surface area (Å²) in [5.41, 5.74) is 0. The van der Waals surface area contributed by atoms with Gasteiger partial charge in [0.15, 0.2) is 0 Å². The average Bonchev–Trinajstić information content (AvgIpc) is 2.32. The second-order valence-corrected chi connectivity index (χ2v) is 3.28. The summed E-state index contributed by atoms with van der Waals surface area (Å²) in [4.78, 5) is 11.1. The van der Waals surface area contributed by atoms with Crippen molar-refractivity contribution in [3.63, 3.8) is 0 Å². The molecule has 1 atom stereocenters. The predicted molar refractivity (Wildman–Crippen MR) is 44.1 cm³/mol. The van der Waals surface area contributed by atoms with E-state index in [4.69, 9.17) is 0 Å². The Bertz CT molecular complexity index is 156. The van der Waals surface area contributed by atoms with Crippen LogP contribution in [0.5, 0.6) is 0 Å². The molecular formula is C8H16N2O. The molecule has 0 aromatic heterocycles. The molecule has 64 valence electrons. The molecule has 1 aliphatic rings. The SMILES string of the molecule is CC(=O)C1CCCN1N(C)C. The van der Waals surface area contributed by atoms with Crippen LogP contribution < -0.4 is 0 Å². The quantitative estimate of drug-likeness (QED) is 0.582. The number of hydrogen-bond acceptors (Lipinski definition) is 3. The van der Waals surface area contributed by atoms with Crippen LogP contribution >= 0.6 is 0 Å². The number of Topliss-reactive ketones (excluding diaryl/α,β-unsaturated/α-hetero) is 1. The number of rotatable bonds is 2. The van der Waals surface area contributed by atoms with Gasteiger partial charge in [0.25, 0.3) is 0 Å². The molecule has 0 aromatic carbocycles. The van der Waals surface area contributed by atoms with E-state index in [1.165, 1.54) is 0 Å². The van der Waals surface area contributed by atoms with E-state index in [0.29, 0.717) is 0 Å². The van der Waals surface area contributed by atoms with E-state index in [9.17, 15) is 4.79 Å². The summed E-state index contributed by atoms with van der Waals surface area (Å²) in [6.07, 6.45) is 2.16. The van der Waals surface area contributed by atoms with Crippen molar-refractivity contribution >= 4 is 5.78 Å². The predicted octanol–water partition coefficient (Wildman–Crippen LogP) is 0.516. The lowest BCUT2D eigenvalue weighted by molar-refractivity contribution is -0.126. The summed E-state index contributed by atoms with van der Waals surface area (Å²) in [5.74, 6) is 0.288. The Morgan fingerprint density at radius 1 is 1.55 bits per heavy atom. The van der Waals surface area contributed by atoms with E-state index >= 15 is 0 Å². The standard InChI is InChI=1S/C8H16N2O/c1-7(11)8-5-4-6-10(8)9(2)3/h8H,4-6H2,1-3H3. The van der Waals surface area contributed by atoms with E-state index < -0.39 is 0 Å². The Hall–Kier alpha value is -0.410. The zero-order chi connectivity index (χ0) is 8.43. The summed E-state index contributed by atoms with van der Waals surface area (Å²) in [6.45, 7) is 2.70. The Morgan fingerprint density at radius 3 is 2.55 bits per heavy atom. The minimum Gasteiger partial charge on any atom is -0.298 e. The zero-order valence-corrected chi connectivity index (χ0v) is 7.50. The van der Waals surface area contributed by atoms with Crippen molar-refractivity contribution < 1.29 is 4.79 Å². The molecule has 0 aromatic rings. The molecule has 0 amide bonds. The highest BCUT2D eigenvalue weighted by Gasteiger charge is 2.28. The molecule has 1 unspecified atom stereocenters. The van der Waals surface area contributed by atoms with E-state index in [2.05, 4.69) is 5.01 Å². The monoisotopic (exact) mass is 156 g/mol. The minimum absolute atomic E-state index is 0.144. The van der Waals surface area contributed by atoms with Crippen LogP contribution in [0.15, 0.2) is 0 Å². The molecular weight excluding hydrogens is 140 g/mol. The first kappa shape index (κ1) is 8.68. The first-order valence-corrected chi connectivity index (χ1v) is 4.07. The molecule has 0 spiro atoms. The molecule has 3 heteroatoms. The summed E-state index contributed by atoms with van der Waals surface area (Å²) in [5, 5.41) is 4.14. The van der Waals surface area contributed by atoms with Gasteiger partial charge in [0.2, 0.25) is 0 Å². The lowest BCUT2D eigenvalue weighted by Gasteiger charge is -2.28. The molecule has 0 saturated carbocycles. The van der Waals surface area contributed by atoms with Gasteiger partial charge in [-0.25, -0.2) is 10.0 Å². The van der Waals surface area contributed by atoms with Crippen LogP contribution in [0, 0.1) is 0 Å². The molecule has 0 aliphatic carbocycles. The maximum absolute atomic E-state index is 11.1. The third kappa shape index (κ3) is 1.79. The Kier molecular flexibility index (Phi) is 2.62. The Morgan fingerprint density at radius 2 is 2.18 bits per heavy atom. The molecule has 0 N–H and O–H groups in total. The van der Waals surface area contributed by atoms with Crippen LogP contribution in [-0.4, -0.2) is 42.5 Å². The number of nitrogens with zero attached hydrogens (tertiary/aromatic N) is 2. The molecule has 3 nitrogen and oxygen atoms in total. The molecule has 0 radical (unpaired) electrons. The fraction of sp³-hybridized carbons (Fsp3) is 0.875. The molecule has 1 heterocycles. The van der Waals surface area contributed by atoms with Gasteiger partial charge in [-0.1, -0.05) is 0 Å². The third-order valence-corrected chi connectivity index (χ3v) is 2.21. The van der Waals surface area contributed by atoms with Crippen molar-refractivity contribution in [3.8, 4) is 0 Å². The number of ketones is 1. The van der Waals surface area contributed by atoms with Crippen molar-refractivity contribution in [3.05, 3.63) is 0 Å². The molecule has 1 rings (SSSR count). The van der Waals surface area contributed by atoms with Gasteiger partial charge >= 0.3 is 0 Å². The Balaban J connectivity index is 2.58. The normalized spacial score (nSPS) is 26.4. The van der Waals surface area contributed by atoms with Crippen molar-refractivity contribution in [2.75, 3.05) is 20.6 Å². The number of carbonyl (C=O) groups excluding carboxylic acids is 1. The lowest BCUT2D eigenvalue weighted by Crippen LogP contribution is -2.43. The highest BCUT2D eigenvalue weighted by atomic mass is 16.1. The first-order chi connectivity index (χ1) is 5.13. The van der Waals surface area contributed by atoms with Crippen LogP contribution in [0.3, 0.4) is 0 Å². The summed E-state index contributed by atoms with van der Waals surface area (Å²) in [6, 6.07) is 0.144. The first-order valence-electron chi connectivity index (χ1n) is 4.07. The van der Waals surface area contributed by atoms with Gasteiger partial charge in [0, 0.05) is 20.6 Å². The van der Waals surface area contributed by atoms with Crippen LogP contribution in [0.4, 0.5) is 0 Å². The van der Waals surface area contributed by atoms with Crippen LogP contribution in [0.25, 0.3) is 0 Å². The van der Waals surface area contributed by atoms with E-state index in [1.54, 1.807) is 6.92 Å². The van der Waals surface area contributed by atoms with Gasteiger partial charge < -0.3 is 0 Å². The second kappa shape index (κ2) is 3.32. The van der Waals surface area contributed by atoms with Gasteiger partial charge in [0.05, 0.1) is 6.04 Å². The van der Waals surface area contributed by atoms with E-state index in [0.717, 1.165) is 19.4 Å². The van der Waals surface area contributed by atoms with Gasteiger partial charge in [-0.3, -0.25) is 4.79 Å². The molecule has 0 bridgehead atoms. The molecule has 1 fully saturated rings. The largest absolute Gasteiger partial charge is 0.298 e.